The van der Waals surface area contributed by atoms with Crippen LogP contribution < -0.4 is 10.6 Å². The fourth-order valence-electron chi connectivity index (χ4n) is 2.76. The molecule has 0 aromatic rings. The zero-order valence-corrected chi connectivity index (χ0v) is 13.5. The molecule has 2 fully saturated rings. The lowest BCUT2D eigenvalue weighted by molar-refractivity contribution is -0.123. The van der Waals surface area contributed by atoms with Gasteiger partial charge in [0.15, 0.2) is 0 Å². The number of piperidine rings is 1. The van der Waals surface area contributed by atoms with E-state index in [2.05, 4.69) is 15.5 Å². The Bertz CT molecular complexity index is 276. The van der Waals surface area contributed by atoms with Crippen molar-refractivity contribution in [2.24, 2.45) is 0 Å². The van der Waals surface area contributed by atoms with Crippen molar-refractivity contribution in [3.8, 4) is 0 Å². The van der Waals surface area contributed by atoms with Crippen molar-refractivity contribution in [2.75, 3.05) is 32.7 Å². The van der Waals surface area contributed by atoms with Crippen molar-refractivity contribution in [3.05, 3.63) is 0 Å². The standard InChI is InChI=1S/C13H25N3O2.2ClH/c17-12-10-14-6-5-11(12)15-13(18)4-3-9-16-7-1-2-8-16;;/h11-12,14,17H,1-10H2,(H,15,18);2*1H/t11-,12-;;/m1../s1. The Labute approximate surface area is 133 Å². The van der Waals surface area contributed by atoms with Gasteiger partial charge in [-0.15, -0.1) is 24.8 Å². The molecular weight excluding hydrogens is 301 g/mol. The summed E-state index contributed by atoms with van der Waals surface area (Å²) in [4.78, 5) is 14.2. The van der Waals surface area contributed by atoms with E-state index in [1.807, 2.05) is 0 Å². The largest absolute Gasteiger partial charge is 0.390 e. The molecular formula is C13H27Cl2N3O2. The van der Waals surface area contributed by atoms with Crippen LogP contribution in [0.15, 0.2) is 0 Å². The first-order valence-electron chi connectivity index (χ1n) is 7.16. The molecule has 0 unspecified atom stereocenters. The highest BCUT2D eigenvalue weighted by Gasteiger charge is 2.24. The number of carbonyl (C=O) groups excluding carboxylic acids is 1. The second kappa shape index (κ2) is 10.6. The minimum absolute atomic E-state index is 0. The number of carbonyl (C=O) groups is 1. The van der Waals surface area contributed by atoms with Crippen LogP contribution in [0.25, 0.3) is 0 Å². The molecule has 7 heteroatoms. The van der Waals surface area contributed by atoms with Gasteiger partial charge in [-0.25, -0.2) is 0 Å². The molecule has 0 bridgehead atoms. The first-order chi connectivity index (χ1) is 8.75. The molecule has 2 aliphatic rings. The molecule has 0 spiro atoms. The van der Waals surface area contributed by atoms with Gasteiger partial charge in [-0.2, -0.15) is 0 Å². The van der Waals surface area contributed by atoms with E-state index in [-0.39, 0.29) is 36.8 Å². The van der Waals surface area contributed by atoms with Crippen LogP contribution in [0.5, 0.6) is 0 Å². The van der Waals surface area contributed by atoms with E-state index in [9.17, 15) is 9.90 Å². The summed E-state index contributed by atoms with van der Waals surface area (Å²) in [6, 6.07) is -0.0643. The van der Waals surface area contributed by atoms with E-state index in [1.54, 1.807) is 0 Å². The number of amides is 1. The molecule has 0 aliphatic carbocycles. The van der Waals surface area contributed by atoms with Crippen LogP contribution in [0, 0.1) is 0 Å². The van der Waals surface area contributed by atoms with Gasteiger partial charge >= 0.3 is 0 Å². The van der Waals surface area contributed by atoms with Crippen LogP contribution in [0.3, 0.4) is 0 Å². The number of hydrogen-bond acceptors (Lipinski definition) is 4. The van der Waals surface area contributed by atoms with Crippen molar-refractivity contribution in [3.63, 3.8) is 0 Å². The number of nitrogens with zero attached hydrogens (tertiary/aromatic N) is 1. The Morgan fingerprint density at radius 3 is 2.65 bits per heavy atom. The quantitative estimate of drug-likeness (QED) is 0.689. The zero-order chi connectivity index (χ0) is 12.8. The predicted molar refractivity (Wildman–Crippen MR) is 84.8 cm³/mol. The van der Waals surface area contributed by atoms with E-state index in [0.29, 0.717) is 13.0 Å². The van der Waals surface area contributed by atoms with Crippen LogP contribution in [-0.4, -0.2) is 60.8 Å². The highest BCUT2D eigenvalue weighted by atomic mass is 35.5. The summed E-state index contributed by atoms with van der Waals surface area (Å²) in [6.07, 6.45) is 4.47. The van der Waals surface area contributed by atoms with Crippen LogP contribution in [0.1, 0.15) is 32.1 Å². The molecule has 1 amide bonds. The Balaban J connectivity index is 0.00000180. The summed E-state index contributed by atoms with van der Waals surface area (Å²) in [6.45, 7) is 4.86. The summed E-state index contributed by atoms with van der Waals surface area (Å²) in [5.41, 5.74) is 0. The maximum absolute atomic E-state index is 11.8. The van der Waals surface area contributed by atoms with E-state index in [1.165, 1.54) is 25.9 Å². The smallest absolute Gasteiger partial charge is 0.220 e. The Kier molecular flexibility index (Phi) is 10.6. The maximum atomic E-state index is 11.8. The van der Waals surface area contributed by atoms with Gasteiger partial charge in [-0.1, -0.05) is 0 Å². The number of hydrogen-bond donors (Lipinski definition) is 3. The van der Waals surface area contributed by atoms with E-state index in [4.69, 9.17) is 0 Å². The monoisotopic (exact) mass is 327 g/mol. The summed E-state index contributed by atoms with van der Waals surface area (Å²) in [5, 5.41) is 15.8. The number of likely N-dealkylation sites (tertiary alicyclic amines) is 1. The van der Waals surface area contributed by atoms with E-state index < -0.39 is 6.10 Å². The van der Waals surface area contributed by atoms with Crippen molar-refractivity contribution in [1.29, 1.82) is 0 Å². The summed E-state index contributed by atoms with van der Waals surface area (Å²) in [7, 11) is 0. The van der Waals surface area contributed by atoms with Gasteiger partial charge in [-0.05, 0) is 51.9 Å². The van der Waals surface area contributed by atoms with Gasteiger partial charge in [0.25, 0.3) is 0 Å². The van der Waals surface area contributed by atoms with E-state index >= 15 is 0 Å². The highest BCUT2D eigenvalue weighted by molar-refractivity contribution is 5.85. The van der Waals surface area contributed by atoms with Crippen molar-refractivity contribution >= 4 is 30.7 Å². The number of aliphatic hydroxyl groups is 1. The van der Waals surface area contributed by atoms with Crippen LogP contribution in [-0.2, 0) is 4.79 Å². The van der Waals surface area contributed by atoms with Gasteiger partial charge in [-0.3, -0.25) is 4.79 Å². The third kappa shape index (κ3) is 6.59. The third-order valence-corrected chi connectivity index (χ3v) is 3.87. The minimum Gasteiger partial charge on any atom is -0.390 e. The summed E-state index contributed by atoms with van der Waals surface area (Å²) in [5.74, 6) is 0.0835. The molecule has 2 atom stereocenters. The lowest BCUT2D eigenvalue weighted by atomic mass is 10.0. The molecule has 2 aliphatic heterocycles. The van der Waals surface area contributed by atoms with Gasteiger partial charge < -0.3 is 20.6 Å². The molecule has 2 saturated heterocycles. The first-order valence-corrected chi connectivity index (χ1v) is 7.16. The predicted octanol–water partition coefficient (Wildman–Crippen LogP) is 0.545. The molecule has 0 saturated carbocycles. The summed E-state index contributed by atoms with van der Waals surface area (Å²) < 4.78 is 0. The Morgan fingerprint density at radius 2 is 2.00 bits per heavy atom. The fourth-order valence-corrected chi connectivity index (χ4v) is 2.76. The zero-order valence-electron chi connectivity index (χ0n) is 11.8. The van der Waals surface area contributed by atoms with Crippen LogP contribution >= 0.6 is 24.8 Å². The molecule has 2 rings (SSSR count). The average Bonchev–Trinajstić information content (AvgIpc) is 2.85. The molecule has 0 aromatic carbocycles. The van der Waals surface area contributed by atoms with Gasteiger partial charge in [0.1, 0.15) is 0 Å². The second-order valence-electron chi connectivity index (χ2n) is 5.39. The highest BCUT2D eigenvalue weighted by Crippen LogP contribution is 2.09. The molecule has 3 N–H and O–H groups in total. The lowest BCUT2D eigenvalue weighted by Gasteiger charge is -2.29. The molecule has 5 nitrogen and oxygen atoms in total. The number of aliphatic hydroxyl groups excluding tert-OH is 1. The summed E-state index contributed by atoms with van der Waals surface area (Å²) >= 11 is 0. The number of β-amino-alcohol motifs (C(OH)–C–C–N with tert-alkyl or cyclic N) is 1. The van der Waals surface area contributed by atoms with E-state index in [0.717, 1.165) is 25.9 Å². The third-order valence-electron chi connectivity index (χ3n) is 3.87. The van der Waals surface area contributed by atoms with Crippen molar-refractivity contribution in [2.45, 2.75) is 44.2 Å². The molecule has 120 valence electrons. The van der Waals surface area contributed by atoms with Crippen LogP contribution in [0.2, 0.25) is 0 Å². The molecule has 20 heavy (non-hydrogen) atoms. The minimum atomic E-state index is -0.443. The van der Waals surface area contributed by atoms with Gasteiger partial charge in [0.2, 0.25) is 5.91 Å². The maximum Gasteiger partial charge on any atom is 0.220 e. The Morgan fingerprint density at radius 1 is 1.30 bits per heavy atom. The SMILES string of the molecule is Cl.Cl.O=C(CCCN1CCCC1)N[C@@H]1CCNC[C@H]1O. The lowest BCUT2D eigenvalue weighted by Crippen LogP contribution is -2.52. The van der Waals surface area contributed by atoms with Crippen LogP contribution in [0.4, 0.5) is 0 Å². The fraction of sp³-hybridized carbons (Fsp3) is 0.923. The Hall–Kier alpha value is -0.0700. The van der Waals surface area contributed by atoms with Gasteiger partial charge in [0, 0.05) is 13.0 Å². The number of nitrogens with one attached hydrogen (secondary N) is 2. The second-order valence-corrected chi connectivity index (χ2v) is 5.39. The first kappa shape index (κ1) is 19.9. The van der Waals surface area contributed by atoms with Crippen molar-refractivity contribution < 1.29 is 9.90 Å². The normalized spacial score (nSPS) is 26.4. The number of rotatable bonds is 5. The topological polar surface area (TPSA) is 64.6 Å². The average molecular weight is 328 g/mol. The van der Waals surface area contributed by atoms with Crippen molar-refractivity contribution in [1.82, 2.24) is 15.5 Å². The van der Waals surface area contributed by atoms with Gasteiger partial charge in [0.05, 0.1) is 12.1 Å². The number of halogens is 2. The molecule has 2 heterocycles. The molecule has 0 radical (unpaired) electrons. The molecule has 0 aromatic heterocycles.